The number of allylic oxidation sites excluding steroid dienone is 3. The zero-order valence-electron chi connectivity index (χ0n) is 74.2. The SMILES string of the molecule is CC1C=C2C[C@@](C)(O)CC[C@]2(C)[C@H]2CC[C@]3(C)[C@@H]([C@H](C)CCC4(O)CCC(C)(C)CC4)CC[C@H]3[C@H]12.CSF.C[C@@H]1C=C2C[C@@](C)(O)CC[C@]2(C)[C@H]2CC[C@]3(C)[C@@H]([C@H](C)CCC4(O)CCC(C)(C)CC4)CC[C@H]3[C@H]12.C[C@H](CCC1(O)CCC(C)(C)CC1)[C@H]1CC[C@H]2[C@@H]3[C@@H](C)C=C4C[C@@](C)(O)CC[C@]4(C)[C@H]3CC[C@]12C. The van der Waals surface area contributed by atoms with Gasteiger partial charge in [0.25, 0.3) is 0 Å². The van der Waals surface area contributed by atoms with Crippen LogP contribution in [0.2, 0.25) is 0 Å². The number of hydrogen-bond acceptors (Lipinski definition) is 7. The van der Waals surface area contributed by atoms with Crippen LogP contribution in [0.4, 0.5) is 3.89 Å². The molecule has 620 valence electrons. The molecule has 12 saturated carbocycles. The van der Waals surface area contributed by atoms with Gasteiger partial charge in [0.2, 0.25) is 0 Å². The average molecular weight is 1520 g/mol. The van der Waals surface area contributed by atoms with Crippen molar-refractivity contribution >= 4 is 12.1 Å². The van der Waals surface area contributed by atoms with Crippen LogP contribution in [-0.4, -0.2) is 70.5 Å². The normalized spacial score (nSPS) is 48.2. The number of halogens is 1. The van der Waals surface area contributed by atoms with E-state index in [9.17, 15) is 34.5 Å². The van der Waals surface area contributed by atoms with E-state index in [4.69, 9.17) is 0 Å². The molecule has 1 unspecified atom stereocenters. The van der Waals surface area contributed by atoms with Gasteiger partial charge < -0.3 is 30.6 Å². The first-order chi connectivity index (χ1) is 50.0. The Labute approximate surface area is 668 Å². The Balaban J connectivity index is 0.000000148. The smallest absolute Gasteiger partial charge is 0.0657 e. The minimum Gasteiger partial charge on any atom is -0.390 e. The summed E-state index contributed by atoms with van der Waals surface area (Å²) in [4.78, 5) is 0. The molecule has 0 aromatic carbocycles. The Morgan fingerprint density at radius 2 is 0.546 bits per heavy atom. The quantitative estimate of drug-likeness (QED) is 0.108. The van der Waals surface area contributed by atoms with Gasteiger partial charge in [0.15, 0.2) is 0 Å². The van der Waals surface area contributed by atoms with Crippen molar-refractivity contribution in [2.45, 2.75) is 429 Å². The topological polar surface area (TPSA) is 121 Å². The first kappa shape index (κ1) is 86.6. The number of hydrogen-bond donors (Lipinski definition) is 6. The van der Waals surface area contributed by atoms with Crippen molar-refractivity contribution in [2.24, 2.45) is 155 Å². The number of rotatable bonds is 12. The summed E-state index contributed by atoms with van der Waals surface area (Å²) in [5.74, 6) is 13.9. The Hall–Kier alpha value is -0.740. The fourth-order valence-corrected chi connectivity index (χ4v) is 31.4. The van der Waals surface area contributed by atoms with Crippen molar-refractivity contribution in [3.63, 3.8) is 0 Å². The van der Waals surface area contributed by atoms with Gasteiger partial charge in [-0.3, -0.25) is 0 Å². The van der Waals surface area contributed by atoms with Crippen LogP contribution in [0, 0.1) is 155 Å². The molecule has 15 aliphatic rings. The molecule has 0 aromatic rings. The third-order valence-corrected chi connectivity index (χ3v) is 39.2. The molecule has 6 N–H and O–H groups in total. The molecule has 12 fully saturated rings. The summed E-state index contributed by atoms with van der Waals surface area (Å²) in [5.41, 5.74) is 5.57. The molecule has 27 atom stereocenters. The first-order valence-corrected chi connectivity index (χ1v) is 47.7. The average Bonchev–Trinajstić information content (AvgIpc) is 1.36. The van der Waals surface area contributed by atoms with Gasteiger partial charge >= 0.3 is 0 Å². The highest BCUT2D eigenvalue weighted by Gasteiger charge is 2.65. The largest absolute Gasteiger partial charge is 0.390 e. The Morgan fingerprint density at radius 3 is 0.769 bits per heavy atom. The van der Waals surface area contributed by atoms with Crippen LogP contribution in [0.1, 0.15) is 396 Å². The van der Waals surface area contributed by atoms with Crippen molar-refractivity contribution in [3.05, 3.63) is 34.9 Å². The maximum atomic E-state index is 11.3. The van der Waals surface area contributed by atoms with Gasteiger partial charge in [0.1, 0.15) is 0 Å². The van der Waals surface area contributed by atoms with Crippen LogP contribution >= 0.6 is 12.1 Å². The highest BCUT2D eigenvalue weighted by molar-refractivity contribution is 7.93. The maximum absolute atomic E-state index is 11.3. The third-order valence-electron chi connectivity index (χ3n) is 39.2. The molecule has 0 bridgehead atoms. The van der Waals surface area contributed by atoms with Crippen molar-refractivity contribution in [2.75, 3.05) is 6.26 Å². The zero-order chi connectivity index (χ0) is 79.0. The molecule has 15 aliphatic carbocycles. The lowest BCUT2D eigenvalue weighted by Gasteiger charge is -2.60. The Kier molecular flexibility index (Phi) is 24.8. The van der Waals surface area contributed by atoms with Crippen LogP contribution in [0.15, 0.2) is 34.9 Å². The second-order valence-corrected chi connectivity index (χ2v) is 48.7. The summed E-state index contributed by atoms with van der Waals surface area (Å²) in [5, 5.41) is 66.5. The molecular weight excluding hydrogens is 1350 g/mol. The molecule has 0 radical (unpaired) electrons. The van der Waals surface area contributed by atoms with Gasteiger partial charge in [-0.2, -0.15) is 3.89 Å². The van der Waals surface area contributed by atoms with Crippen molar-refractivity contribution in [1.82, 2.24) is 0 Å². The molecule has 8 heteroatoms. The van der Waals surface area contributed by atoms with Gasteiger partial charge in [0, 0.05) is 18.4 Å². The third kappa shape index (κ3) is 16.9. The first-order valence-electron chi connectivity index (χ1n) is 46.6. The van der Waals surface area contributed by atoms with E-state index in [0.29, 0.717) is 84.2 Å². The molecule has 0 amide bonds. The lowest BCUT2D eigenvalue weighted by Crippen LogP contribution is -2.54. The molecule has 0 spiro atoms. The predicted molar refractivity (Wildman–Crippen MR) is 453 cm³/mol. The van der Waals surface area contributed by atoms with E-state index in [2.05, 4.69) is 164 Å². The molecule has 0 saturated heterocycles. The molecule has 0 aliphatic heterocycles. The summed E-state index contributed by atoms with van der Waals surface area (Å²) >= 11 is 0.250. The molecule has 6 nitrogen and oxygen atoms in total. The maximum Gasteiger partial charge on any atom is 0.0657 e. The Bertz CT molecular complexity index is 2850. The van der Waals surface area contributed by atoms with Crippen molar-refractivity contribution in [1.29, 1.82) is 0 Å². The number of fused-ring (bicyclic) bond motifs is 15. The highest BCUT2D eigenvalue weighted by atomic mass is 32.2. The van der Waals surface area contributed by atoms with E-state index in [1.54, 1.807) is 16.7 Å². The predicted octanol–water partition coefficient (Wildman–Crippen LogP) is 26.2. The number of aliphatic hydroxyl groups is 6. The van der Waals surface area contributed by atoms with E-state index in [0.717, 1.165) is 167 Å². The van der Waals surface area contributed by atoms with Crippen LogP contribution in [0.25, 0.3) is 0 Å². The fourth-order valence-electron chi connectivity index (χ4n) is 31.4. The molecule has 15 rings (SSSR count). The van der Waals surface area contributed by atoms with Gasteiger partial charge in [-0.15, -0.1) is 0 Å². The fraction of sp³-hybridized carbons (Fsp3) is 0.940. The highest BCUT2D eigenvalue weighted by Crippen LogP contribution is 2.73. The van der Waals surface area contributed by atoms with E-state index in [1.807, 2.05) is 0 Å². The monoisotopic (exact) mass is 1520 g/mol. The zero-order valence-corrected chi connectivity index (χ0v) is 75.0. The minimum atomic E-state index is -0.507. The van der Waals surface area contributed by atoms with E-state index >= 15 is 0 Å². The van der Waals surface area contributed by atoms with Crippen LogP contribution < -0.4 is 0 Å². The lowest BCUT2D eigenvalue weighted by atomic mass is 9.44. The van der Waals surface area contributed by atoms with Crippen molar-refractivity contribution in [3.8, 4) is 0 Å². The van der Waals surface area contributed by atoms with Gasteiger partial charge in [0.05, 0.1) is 33.6 Å². The summed E-state index contributed by atoms with van der Waals surface area (Å²) in [6.45, 7) is 51.1. The molecule has 0 heterocycles. The second kappa shape index (κ2) is 30.9. The molecule has 108 heavy (non-hydrogen) atoms. The summed E-state index contributed by atoms with van der Waals surface area (Å²) in [6.07, 6.45) is 54.6. The summed E-state index contributed by atoms with van der Waals surface area (Å²) in [6, 6.07) is 0. The summed E-state index contributed by atoms with van der Waals surface area (Å²) in [7, 11) is 0. The second-order valence-electron chi connectivity index (χ2n) is 48.4. The van der Waals surface area contributed by atoms with Crippen molar-refractivity contribution < 1.29 is 34.5 Å². The van der Waals surface area contributed by atoms with E-state index in [-0.39, 0.29) is 12.1 Å². The summed E-state index contributed by atoms with van der Waals surface area (Å²) < 4.78 is 10.2. The lowest BCUT2D eigenvalue weighted by molar-refractivity contribution is -0.0860. The van der Waals surface area contributed by atoms with E-state index < -0.39 is 33.6 Å². The molecule has 0 aromatic heterocycles. The van der Waals surface area contributed by atoms with Gasteiger partial charge in [-0.05, 0) is 426 Å². The Morgan fingerprint density at radius 1 is 0.324 bits per heavy atom. The molecular formula is C100H171FO6S. The van der Waals surface area contributed by atoms with Gasteiger partial charge in [-0.25, -0.2) is 0 Å². The van der Waals surface area contributed by atoms with E-state index in [1.165, 1.54) is 160 Å². The standard InChI is InChI=1S/3C33H56O2.CH3FS/c3*1-22(10-13-33(35)18-14-29(3,4)15-19-33)25-8-9-26-28-23(2)20-24-21-30(5,34)16-17-31(24,6)27(28)11-12-32(25,26)7;1-3-2/h3*20,22-23,25-28,34-35H,8-19,21H2,1-7H3;1H3/t22-,23?,25-,26+,27+,28+,30+,31+,32-;22-,23+,25-,26+,27+,28+,30+,31+,32-;22-,23-,25-,26+,27+,28+,30+,31+,32-;/m111./s1. The van der Waals surface area contributed by atoms with Crippen LogP contribution in [0.5, 0.6) is 0 Å². The van der Waals surface area contributed by atoms with Crippen LogP contribution in [0.3, 0.4) is 0 Å². The minimum absolute atomic E-state index is 0.250. The van der Waals surface area contributed by atoms with Crippen LogP contribution in [-0.2, 0) is 0 Å². The van der Waals surface area contributed by atoms with Gasteiger partial charge in [-0.1, -0.05) is 160 Å².